The van der Waals surface area contributed by atoms with Crippen LogP contribution in [0.3, 0.4) is 0 Å². The van der Waals surface area contributed by atoms with E-state index < -0.39 is 51.2 Å². The average molecular weight is 620 g/mol. The Hall–Kier alpha value is -1.92. The number of sulfonamides is 1. The van der Waals surface area contributed by atoms with Crippen LogP contribution in [0.15, 0.2) is 65.1 Å². The minimum absolute atomic E-state index is 0.0238. The number of halogens is 9. The Morgan fingerprint density at radius 2 is 1.50 bits per heavy atom. The van der Waals surface area contributed by atoms with Crippen LogP contribution in [0, 0.1) is 5.92 Å². The zero-order valence-electron chi connectivity index (χ0n) is 19.2. The van der Waals surface area contributed by atoms with E-state index >= 15 is 0 Å². The predicted octanol–water partition coefficient (Wildman–Crippen LogP) is 7.79. The number of benzene rings is 2. The first-order valence-electron chi connectivity index (χ1n) is 11.1. The molecule has 1 heterocycles. The molecular weight excluding hydrogens is 601 g/mol. The lowest BCUT2D eigenvalue weighted by atomic mass is 9.95. The molecule has 2 atom stereocenters. The molecule has 0 radical (unpaired) electrons. The molecule has 0 N–H and O–H groups in total. The molecule has 1 aliphatic carbocycles. The Kier molecular flexibility index (Phi) is 8.09. The second kappa shape index (κ2) is 10.6. The van der Waals surface area contributed by atoms with Gasteiger partial charge in [0.1, 0.15) is 0 Å². The molecule has 2 aromatic carbocycles. The van der Waals surface area contributed by atoms with Crippen molar-refractivity contribution >= 4 is 50.5 Å². The lowest BCUT2D eigenvalue weighted by molar-refractivity contribution is -0.162. The fourth-order valence-electron chi connectivity index (χ4n) is 4.45. The van der Waals surface area contributed by atoms with Crippen molar-refractivity contribution in [2.75, 3.05) is 24.5 Å². The Balaban J connectivity index is 1.72. The van der Waals surface area contributed by atoms with E-state index in [4.69, 9.17) is 34.8 Å². The Morgan fingerprint density at radius 1 is 0.868 bits per heavy atom. The van der Waals surface area contributed by atoms with Gasteiger partial charge in [0.2, 0.25) is 10.0 Å². The van der Waals surface area contributed by atoms with Crippen molar-refractivity contribution in [2.45, 2.75) is 24.8 Å². The summed E-state index contributed by atoms with van der Waals surface area (Å²) in [5.41, 5.74) is -0.503. The fraction of sp³-hybridized carbons (Fsp3) is 0.333. The predicted molar refractivity (Wildman–Crippen MR) is 135 cm³/mol. The zero-order chi connectivity index (χ0) is 28.0. The average Bonchev–Trinajstić information content (AvgIpc) is 2.83. The first-order valence-corrected chi connectivity index (χ1v) is 13.7. The first kappa shape index (κ1) is 29.1. The van der Waals surface area contributed by atoms with E-state index in [-0.39, 0.29) is 36.8 Å². The van der Waals surface area contributed by atoms with E-state index in [0.29, 0.717) is 21.3 Å². The van der Waals surface area contributed by atoms with Crippen molar-refractivity contribution in [3.8, 4) is 0 Å². The van der Waals surface area contributed by atoms with Crippen molar-refractivity contribution in [1.29, 1.82) is 0 Å². The maximum atomic E-state index is 13.5. The van der Waals surface area contributed by atoms with Gasteiger partial charge in [-0.1, -0.05) is 53.0 Å². The number of anilines is 1. The first-order chi connectivity index (χ1) is 17.6. The van der Waals surface area contributed by atoms with Crippen molar-refractivity contribution in [2.24, 2.45) is 5.92 Å². The van der Waals surface area contributed by atoms with Crippen LogP contribution in [0.25, 0.3) is 0 Å². The van der Waals surface area contributed by atoms with Crippen LogP contribution < -0.4 is 4.90 Å². The van der Waals surface area contributed by atoms with Gasteiger partial charge < -0.3 is 4.90 Å². The van der Waals surface area contributed by atoms with Crippen molar-refractivity contribution in [1.82, 2.24) is 4.31 Å². The van der Waals surface area contributed by atoms with Crippen LogP contribution in [0.4, 0.5) is 32.0 Å². The van der Waals surface area contributed by atoms with E-state index in [1.54, 1.807) is 36.4 Å². The summed E-state index contributed by atoms with van der Waals surface area (Å²) >= 11 is 18.4. The normalized spacial score (nSPS) is 21.8. The van der Waals surface area contributed by atoms with Crippen LogP contribution in [0.5, 0.6) is 0 Å². The lowest BCUT2D eigenvalue weighted by Gasteiger charge is -2.43. The summed E-state index contributed by atoms with van der Waals surface area (Å²) in [5.74, 6) is -2.59. The smallest absolute Gasteiger partial charge is 0.361 e. The zero-order valence-corrected chi connectivity index (χ0v) is 22.3. The largest absolute Gasteiger partial charge is 0.416 e. The summed E-state index contributed by atoms with van der Waals surface area (Å²) in [4.78, 5) is 0.866. The van der Waals surface area contributed by atoms with E-state index in [0.717, 1.165) is 4.31 Å². The molecule has 4 nitrogen and oxygen atoms in total. The highest BCUT2D eigenvalue weighted by Gasteiger charge is 2.47. The summed E-state index contributed by atoms with van der Waals surface area (Å²) in [7, 11) is -4.70. The van der Waals surface area contributed by atoms with Gasteiger partial charge in [-0.05, 0) is 48.4 Å². The van der Waals surface area contributed by atoms with E-state index in [1.807, 2.05) is 4.90 Å². The molecule has 2 unspecified atom stereocenters. The number of allylic oxidation sites excluding steroid dienone is 4. The number of piperazine rings is 1. The minimum atomic E-state index is -5.15. The molecule has 1 fully saturated rings. The fourth-order valence-corrected chi connectivity index (χ4v) is 6.75. The Morgan fingerprint density at radius 3 is 2.08 bits per heavy atom. The molecule has 4 rings (SSSR count). The number of alkyl halides is 6. The topological polar surface area (TPSA) is 40.6 Å². The molecule has 0 spiro atoms. The lowest BCUT2D eigenvalue weighted by Crippen LogP contribution is -2.51. The number of hydrogen-bond acceptors (Lipinski definition) is 3. The molecule has 38 heavy (non-hydrogen) atoms. The SMILES string of the molecule is O=S(=O)(C1=CC(C(F)(F)F)=CC(C(F)(F)F)C1)N1CCN(c2ccc(Cl)cc2Cl)C(c2ccc(Cl)cc2)C1. The number of rotatable bonds is 4. The Labute approximate surface area is 230 Å². The molecule has 0 bridgehead atoms. The molecule has 206 valence electrons. The summed E-state index contributed by atoms with van der Waals surface area (Å²) in [6, 6.07) is 10.6. The summed E-state index contributed by atoms with van der Waals surface area (Å²) in [6.07, 6.45) is -11.0. The standard InChI is InChI=1S/C24H19Cl3F6N2O2S/c25-17-3-1-14(2-4-17)22-13-34(7-8-35(22)21-6-5-18(26)12-20(21)27)38(36,37)19-10-15(23(28,29)30)9-16(11-19)24(31,32)33/h1-6,9-10,12,16,22H,7-8,11,13H2. The highest BCUT2D eigenvalue weighted by atomic mass is 35.5. The summed E-state index contributed by atoms with van der Waals surface area (Å²) < 4.78 is 108. The Bertz CT molecular complexity index is 1380. The van der Waals surface area contributed by atoms with Gasteiger partial charge in [0, 0.05) is 29.7 Å². The van der Waals surface area contributed by atoms with Crippen LogP contribution in [0.1, 0.15) is 18.0 Å². The van der Waals surface area contributed by atoms with Crippen molar-refractivity contribution in [3.05, 3.63) is 85.7 Å². The molecule has 2 aliphatic rings. The van der Waals surface area contributed by atoms with Gasteiger partial charge in [-0.15, -0.1) is 0 Å². The minimum Gasteiger partial charge on any atom is -0.361 e. The molecule has 0 saturated carbocycles. The van der Waals surface area contributed by atoms with E-state index in [2.05, 4.69) is 0 Å². The van der Waals surface area contributed by atoms with Crippen LogP contribution in [-0.4, -0.2) is 44.7 Å². The van der Waals surface area contributed by atoms with Crippen LogP contribution in [-0.2, 0) is 10.0 Å². The molecule has 0 amide bonds. The van der Waals surface area contributed by atoms with Gasteiger partial charge in [0.15, 0.2) is 0 Å². The highest BCUT2D eigenvalue weighted by molar-refractivity contribution is 7.93. The third-order valence-electron chi connectivity index (χ3n) is 6.35. The van der Waals surface area contributed by atoms with Gasteiger partial charge in [-0.2, -0.15) is 30.6 Å². The summed E-state index contributed by atoms with van der Waals surface area (Å²) in [6.45, 7) is -0.418. The number of nitrogens with zero attached hydrogens (tertiary/aromatic N) is 2. The molecule has 1 saturated heterocycles. The molecule has 1 aliphatic heterocycles. The third kappa shape index (κ3) is 6.12. The maximum Gasteiger partial charge on any atom is 0.416 e. The molecule has 14 heteroatoms. The van der Waals surface area contributed by atoms with Crippen LogP contribution >= 0.6 is 34.8 Å². The summed E-state index contributed by atoms with van der Waals surface area (Å²) in [5, 5.41) is 1.08. The van der Waals surface area contributed by atoms with E-state index in [9.17, 15) is 34.8 Å². The second-order valence-electron chi connectivity index (χ2n) is 8.80. The molecular formula is C24H19Cl3F6N2O2S. The van der Waals surface area contributed by atoms with Gasteiger partial charge in [0.05, 0.1) is 33.1 Å². The maximum absolute atomic E-state index is 13.5. The monoisotopic (exact) mass is 618 g/mol. The highest BCUT2D eigenvalue weighted by Crippen LogP contribution is 2.43. The van der Waals surface area contributed by atoms with E-state index in [1.165, 1.54) is 6.07 Å². The number of hydrogen-bond donors (Lipinski definition) is 0. The van der Waals surface area contributed by atoms with Crippen molar-refractivity contribution in [3.63, 3.8) is 0 Å². The van der Waals surface area contributed by atoms with Gasteiger partial charge in [0.25, 0.3) is 0 Å². The second-order valence-corrected chi connectivity index (χ2v) is 12.1. The molecule has 0 aromatic heterocycles. The van der Waals surface area contributed by atoms with Crippen LogP contribution in [0.2, 0.25) is 15.1 Å². The molecule has 2 aromatic rings. The van der Waals surface area contributed by atoms with Gasteiger partial charge in [-0.3, -0.25) is 0 Å². The van der Waals surface area contributed by atoms with Gasteiger partial charge >= 0.3 is 12.4 Å². The van der Waals surface area contributed by atoms with Crippen molar-refractivity contribution < 1.29 is 34.8 Å². The quantitative estimate of drug-likeness (QED) is 0.328. The van der Waals surface area contributed by atoms with Gasteiger partial charge in [-0.25, -0.2) is 8.42 Å². The third-order valence-corrected chi connectivity index (χ3v) is 9.10.